The van der Waals surface area contributed by atoms with Crippen LogP contribution in [0.5, 0.6) is 0 Å². The molecule has 0 spiro atoms. The zero-order valence-electron chi connectivity index (χ0n) is 12.0. The topological polar surface area (TPSA) is 21.3 Å². The summed E-state index contributed by atoms with van der Waals surface area (Å²) in [6.45, 7) is 9.59. The quantitative estimate of drug-likeness (QED) is 0.881. The molecule has 0 aliphatic carbocycles. The maximum Gasteiger partial charge on any atom is 0.0641 e. The highest BCUT2D eigenvalue weighted by atomic mass is 16.5. The van der Waals surface area contributed by atoms with E-state index in [0.29, 0.717) is 12.1 Å². The van der Waals surface area contributed by atoms with Gasteiger partial charge in [0.15, 0.2) is 0 Å². The molecule has 1 unspecified atom stereocenters. The van der Waals surface area contributed by atoms with Gasteiger partial charge in [0.2, 0.25) is 0 Å². The van der Waals surface area contributed by atoms with E-state index in [1.807, 2.05) is 0 Å². The van der Waals surface area contributed by atoms with E-state index in [4.69, 9.17) is 4.74 Å². The largest absolute Gasteiger partial charge is 0.375 e. The van der Waals surface area contributed by atoms with Crippen molar-refractivity contribution in [2.45, 2.75) is 58.2 Å². The van der Waals surface area contributed by atoms with Gasteiger partial charge in [-0.05, 0) is 46.1 Å². The highest BCUT2D eigenvalue weighted by molar-refractivity contribution is 5.23. The van der Waals surface area contributed by atoms with Crippen LogP contribution >= 0.6 is 0 Å². The number of ether oxygens (including phenoxy) is 1. The number of hydrogen-bond donors (Lipinski definition) is 1. The van der Waals surface area contributed by atoms with Gasteiger partial charge in [-0.3, -0.25) is 0 Å². The van der Waals surface area contributed by atoms with E-state index < -0.39 is 0 Å². The fraction of sp³-hybridized carbons (Fsp3) is 0.625. The summed E-state index contributed by atoms with van der Waals surface area (Å²) in [6, 6.07) is 9.77. The summed E-state index contributed by atoms with van der Waals surface area (Å²) in [4.78, 5) is 0. The molecule has 2 rings (SSSR count). The second kappa shape index (κ2) is 5.41. The van der Waals surface area contributed by atoms with E-state index in [-0.39, 0.29) is 5.60 Å². The lowest BCUT2D eigenvalue weighted by molar-refractivity contribution is -0.0639. The minimum absolute atomic E-state index is 0.0168. The summed E-state index contributed by atoms with van der Waals surface area (Å²) in [6.07, 6.45) is 2.20. The minimum Gasteiger partial charge on any atom is -0.375 e. The first-order valence-electron chi connectivity index (χ1n) is 6.93. The average Bonchev–Trinajstić information content (AvgIpc) is 2.28. The molecule has 2 heteroatoms. The molecule has 18 heavy (non-hydrogen) atoms. The lowest BCUT2D eigenvalue weighted by Gasteiger charge is -2.37. The van der Waals surface area contributed by atoms with Gasteiger partial charge in [0.1, 0.15) is 0 Å². The molecular formula is C16H25NO. The molecular weight excluding hydrogens is 222 g/mol. The summed E-state index contributed by atoms with van der Waals surface area (Å²) < 4.78 is 5.76. The Bertz CT molecular complexity index is 383. The molecule has 1 saturated heterocycles. The molecule has 1 aromatic rings. The van der Waals surface area contributed by atoms with E-state index in [0.717, 1.165) is 19.4 Å². The fourth-order valence-electron chi connectivity index (χ4n) is 2.68. The standard InChI is InChI=1S/C16H25NO/c1-12-5-7-14(8-6-12)13(2)17-15-9-10-18-16(3,4)11-15/h5-8,13,15,17H,9-11H2,1-4H3/t13-,15?/m0/s1. The number of benzene rings is 1. The molecule has 1 N–H and O–H groups in total. The monoisotopic (exact) mass is 247 g/mol. The van der Waals surface area contributed by atoms with Gasteiger partial charge in [0.05, 0.1) is 5.60 Å². The SMILES string of the molecule is Cc1ccc([C@H](C)NC2CCOC(C)(C)C2)cc1. The third-order valence-corrected chi connectivity index (χ3v) is 3.76. The molecule has 0 radical (unpaired) electrons. The summed E-state index contributed by atoms with van der Waals surface area (Å²) in [7, 11) is 0. The predicted molar refractivity (Wildman–Crippen MR) is 75.8 cm³/mol. The van der Waals surface area contributed by atoms with Gasteiger partial charge in [-0.25, -0.2) is 0 Å². The predicted octanol–water partition coefficient (Wildman–Crippen LogP) is 3.60. The van der Waals surface area contributed by atoms with Crippen LogP contribution in [0, 0.1) is 6.92 Å². The first-order chi connectivity index (χ1) is 8.46. The second-order valence-corrected chi connectivity index (χ2v) is 6.10. The Morgan fingerprint density at radius 1 is 1.28 bits per heavy atom. The molecule has 1 aromatic carbocycles. The zero-order chi connectivity index (χ0) is 13.2. The normalized spacial score (nSPS) is 24.8. The van der Waals surface area contributed by atoms with Crippen LogP contribution in [0.4, 0.5) is 0 Å². The van der Waals surface area contributed by atoms with E-state index in [1.165, 1.54) is 11.1 Å². The molecule has 2 atom stereocenters. The molecule has 100 valence electrons. The van der Waals surface area contributed by atoms with E-state index in [1.54, 1.807) is 0 Å². The van der Waals surface area contributed by atoms with Crippen molar-refractivity contribution in [1.82, 2.24) is 5.32 Å². The maximum atomic E-state index is 5.76. The lowest BCUT2D eigenvalue weighted by atomic mass is 9.93. The molecule has 1 aliphatic rings. The number of aryl methyl sites for hydroxylation is 1. The Balaban J connectivity index is 1.94. The van der Waals surface area contributed by atoms with Crippen LogP contribution in [-0.2, 0) is 4.74 Å². The van der Waals surface area contributed by atoms with Crippen LogP contribution in [0.3, 0.4) is 0 Å². The Morgan fingerprint density at radius 3 is 2.56 bits per heavy atom. The molecule has 0 aromatic heterocycles. The molecule has 0 bridgehead atoms. The van der Waals surface area contributed by atoms with E-state index >= 15 is 0 Å². The zero-order valence-corrected chi connectivity index (χ0v) is 12.0. The van der Waals surface area contributed by atoms with Gasteiger partial charge in [-0.2, -0.15) is 0 Å². The first-order valence-corrected chi connectivity index (χ1v) is 6.93. The van der Waals surface area contributed by atoms with Gasteiger partial charge in [-0.1, -0.05) is 29.8 Å². The second-order valence-electron chi connectivity index (χ2n) is 6.10. The van der Waals surface area contributed by atoms with Gasteiger partial charge in [-0.15, -0.1) is 0 Å². The van der Waals surface area contributed by atoms with Gasteiger partial charge in [0.25, 0.3) is 0 Å². The average molecular weight is 247 g/mol. The summed E-state index contributed by atoms with van der Waals surface area (Å²) in [5.74, 6) is 0. The van der Waals surface area contributed by atoms with Crippen LogP contribution in [0.2, 0.25) is 0 Å². The molecule has 0 saturated carbocycles. The Labute approximate surface area is 111 Å². The van der Waals surface area contributed by atoms with E-state index in [9.17, 15) is 0 Å². The van der Waals surface area contributed by atoms with Crippen molar-refractivity contribution in [3.63, 3.8) is 0 Å². The summed E-state index contributed by atoms with van der Waals surface area (Å²) in [5, 5.41) is 3.73. The number of hydrogen-bond acceptors (Lipinski definition) is 2. The van der Waals surface area contributed by atoms with Crippen molar-refractivity contribution in [3.05, 3.63) is 35.4 Å². The summed E-state index contributed by atoms with van der Waals surface area (Å²) in [5.41, 5.74) is 2.70. The van der Waals surface area contributed by atoms with Crippen molar-refractivity contribution in [3.8, 4) is 0 Å². The van der Waals surface area contributed by atoms with Crippen molar-refractivity contribution in [2.75, 3.05) is 6.61 Å². The third kappa shape index (κ3) is 3.56. The van der Waals surface area contributed by atoms with E-state index in [2.05, 4.69) is 57.3 Å². The smallest absolute Gasteiger partial charge is 0.0641 e. The van der Waals surface area contributed by atoms with Gasteiger partial charge < -0.3 is 10.1 Å². The van der Waals surface area contributed by atoms with Crippen molar-refractivity contribution in [2.24, 2.45) is 0 Å². The molecule has 1 aliphatic heterocycles. The van der Waals surface area contributed by atoms with Crippen molar-refractivity contribution in [1.29, 1.82) is 0 Å². The highest BCUT2D eigenvalue weighted by Crippen LogP contribution is 2.26. The minimum atomic E-state index is 0.0168. The molecule has 1 heterocycles. The third-order valence-electron chi connectivity index (χ3n) is 3.76. The Hall–Kier alpha value is -0.860. The van der Waals surface area contributed by atoms with Gasteiger partial charge in [0, 0.05) is 18.7 Å². The van der Waals surface area contributed by atoms with Crippen molar-refractivity contribution < 1.29 is 4.74 Å². The molecule has 1 fully saturated rings. The lowest BCUT2D eigenvalue weighted by Crippen LogP contribution is -2.44. The molecule has 0 amide bonds. The van der Waals surface area contributed by atoms with Crippen LogP contribution in [0.25, 0.3) is 0 Å². The summed E-state index contributed by atoms with van der Waals surface area (Å²) >= 11 is 0. The fourth-order valence-corrected chi connectivity index (χ4v) is 2.68. The Morgan fingerprint density at radius 2 is 1.94 bits per heavy atom. The van der Waals surface area contributed by atoms with Crippen LogP contribution in [0.15, 0.2) is 24.3 Å². The number of rotatable bonds is 3. The highest BCUT2D eigenvalue weighted by Gasteiger charge is 2.29. The van der Waals surface area contributed by atoms with Crippen LogP contribution < -0.4 is 5.32 Å². The maximum absolute atomic E-state index is 5.76. The van der Waals surface area contributed by atoms with Crippen LogP contribution in [0.1, 0.15) is 50.8 Å². The Kier molecular flexibility index (Phi) is 4.08. The molecule has 2 nitrogen and oxygen atoms in total. The first kappa shape index (κ1) is 13.6. The van der Waals surface area contributed by atoms with Crippen molar-refractivity contribution >= 4 is 0 Å². The number of nitrogens with one attached hydrogen (secondary N) is 1. The van der Waals surface area contributed by atoms with Crippen LogP contribution in [-0.4, -0.2) is 18.2 Å². The van der Waals surface area contributed by atoms with Gasteiger partial charge >= 0.3 is 0 Å².